The zero-order valence-electron chi connectivity index (χ0n) is 16.1. The lowest BCUT2D eigenvalue weighted by Crippen LogP contribution is -2.46. The van der Waals surface area contributed by atoms with Gasteiger partial charge in [-0.1, -0.05) is 42.5 Å². The zero-order chi connectivity index (χ0) is 18.5. The first-order valence-electron chi connectivity index (χ1n) is 9.92. The fourth-order valence-electron chi connectivity index (χ4n) is 3.77. The maximum absolute atomic E-state index is 4.49. The molecule has 1 saturated heterocycles. The maximum atomic E-state index is 4.49. The van der Waals surface area contributed by atoms with Crippen molar-refractivity contribution in [3.05, 3.63) is 65.7 Å². The van der Waals surface area contributed by atoms with Gasteiger partial charge in [0, 0.05) is 51.0 Å². The van der Waals surface area contributed by atoms with Gasteiger partial charge in [-0.3, -0.25) is 9.89 Å². The molecular weight excluding hydrogens is 334 g/mol. The van der Waals surface area contributed by atoms with E-state index in [4.69, 9.17) is 0 Å². The van der Waals surface area contributed by atoms with E-state index >= 15 is 0 Å². The monoisotopic (exact) mass is 363 g/mol. The van der Waals surface area contributed by atoms with E-state index in [2.05, 4.69) is 86.9 Å². The lowest BCUT2D eigenvalue weighted by Gasteiger charge is -2.36. The van der Waals surface area contributed by atoms with E-state index in [9.17, 15) is 0 Å². The summed E-state index contributed by atoms with van der Waals surface area (Å²) in [5, 5.41) is 6.81. The van der Waals surface area contributed by atoms with Crippen LogP contribution >= 0.6 is 0 Å². The van der Waals surface area contributed by atoms with Crippen LogP contribution in [0, 0.1) is 0 Å². The summed E-state index contributed by atoms with van der Waals surface area (Å²) in [5.74, 6) is 0.925. The van der Waals surface area contributed by atoms with Gasteiger partial charge in [-0.2, -0.15) is 0 Å². The maximum Gasteiger partial charge on any atom is 0.191 e. The Morgan fingerprint density at radius 2 is 1.67 bits per heavy atom. The second-order valence-corrected chi connectivity index (χ2v) is 7.46. The van der Waals surface area contributed by atoms with E-state index in [1.165, 1.54) is 16.8 Å². The average molecular weight is 364 g/mol. The van der Waals surface area contributed by atoms with Crippen LogP contribution in [0.2, 0.25) is 0 Å². The molecule has 142 valence electrons. The highest BCUT2D eigenvalue weighted by molar-refractivity contribution is 5.81. The first-order chi connectivity index (χ1) is 13.3. The van der Waals surface area contributed by atoms with E-state index in [0.717, 1.165) is 51.8 Å². The third-order valence-electron chi connectivity index (χ3n) is 5.36. The molecular formula is C22H29N5. The zero-order valence-corrected chi connectivity index (χ0v) is 16.1. The summed E-state index contributed by atoms with van der Waals surface area (Å²) in [6, 6.07) is 19.9. The summed E-state index contributed by atoms with van der Waals surface area (Å²) >= 11 is 0. The molecule has 4 rings (SSSR count). The molecule has 2 aliphatic heterocycles. The van der Waals surface area contributed by atoms with Gasteiger partial charge in [0.1, 0.15) is 0 Å². The largest absolute Gasteiger partial charge is 0.369 e. The molecule has 0 radical (unpaired) electrons. The molecule has 0 spiro atoms. The van der Waals surface area contributed by atoms with E-state index in [1.54, 1.807) is 0 Å². The number of anilines is 1. The molecule has 0 aromatic heterocycles. The Bertz CT molecular complexity index is 765. The van der Waals surface area contributed by atoms with Gasteiger partial charge < -0.3 is 15.5 Å². The third-order valence-corrected chi connectivity index (χ3v) is 5.36. The SMILES string of the molecule is CC1CN=C(NCc2ccccc2CN2CCN(c3ccccc3)CC2)N1. The van der Waals surface area contributed by atoms with Crippen molar-refractivity contribution in [2.45, 2.75) is 26.1 Å². The van der Waals surface area contributed by atoms with Gasteiger partial charge in [-0.25, -0.2) is 0 Å². The van der Waals surface area contributed by atoms with Crippen molar-refractivity contribution in [2.24, 2.45) is 4.99 Å². The summed E-state index contributed by atoms with van der Waals surface area (Å²) in [4.78, 5) is 9.54. The van der Waals surface area contributed by atoms with Crippen LogP contribution in [-0.2, 0) is 13.1 Å². The van der Waals surface area contributed by atoms with Crippen molar-refractivity contribution in [2.75, 3.05) is 37.6 Å². The number of hydrogen-bond donors (Lipinski definition) is 2. The molecule has 1 fully saturated rings. The average Bonchev–Trinajstić information content (AvgIpc) is 3.14. The number of nitrogens with zero attached hydrogens (tertiary/aromatic N) is 3. The quantitative estimate of drug-likeness (QED) is 0.856. The first kappa shape index (κ1) is 17.9. The van der Waals surface area contributed by atoms with Gasteiger partial charge in [0.05, 0.1) is 6.54 Å². The molecule has 2 heterocycles. The standard InChI is InChI=1S/C22H29N5/c1-18-15-23-22(25-18)24-16-19-7-5-6-8-20(19)17-26-11-13-27(14-12-26)21-9-3-2-4-10-21/h2-10,18H,11-17H2,1H3,(H2,23,24,25). The number of para-hydroxylation sites is 1. The number of nitrogens with one attached hydrogen (secondary N) is 2. The second-order valence-electron chi connectivity index (χ2n) is 7.46. The Kier molecular flexibility index (Phi) is 5.58. The lowest BCUT2D eigenvalue weighted by molar-refractivity contribution is 0.249. The molecule has 1 atom stereocenters. The molecule has 2 aromatic rings. The summed E-state index contributed by atoms with van der Waals surface area (Å²) in [6.45, 7) is 9.21. The third kappa shape index (κ3) is 4.61. The smallest absolute Gasteiger partial charge is 0.191 e. The molecule has 2 N–H and O–H groups in total. The van der Waals surface area contributed by atoms with Crippen molar-refractivity contribution >= 4 is 11.6 Å². The molecule has 27 heavy (non-hydrogen) atoms. The van der Waals surface area contributed by atoms with Gasteiger partial charge in [-0.15, -0.1) is 0 Å². The minimum Gasteiger partial charge on any atom is -0.369 e. The number of guanidine groups is 1. The molecule has 0 aliphatic carbocycles. The summed E-state index contributed by atoms with van der Waals surface area (Å²) < 4.78 is 0. The molecule has 0 amide bonds. The van der Waals surface area contributed by atoms with Crippen LogP contribution in [0.5, 0.6) is 0 Å². The van der Waals surface area contributed by atoms with Gasteiger partial charge >= 0.3 is 0 Å². The molecule has 2 aliphatic rings. The highest BCUT2D eigenvalue weighted by Crippen LogP contribution is 2.18. The Balaban J connectivity index is 1.32. The molecule has 2 aromatic carbocycles. The summed E-state index contributed by atoms with van der Waals surface area (Å²) in [7, 11) is 0. The number of hydrogen-bond acceptors (Lipinski definition) is 5. The Hall–Kier alpha value is -2.53. The fourth-order valence-corrected chi connectivity index (χ4v) is 3.77. The van der Waals surface area contributed by atoms with E-state index in [-0.39, 0.29) is 0 Å². The number of benzene rings is 2. The van der Waals surface area contributed by atoms with E-state index < -0.39 is 0 Å². The number of aliphatic imine (C=N–C) groups is 1. The van der Waals surface area contributed by atoms with Gasteiger partial charge in [0.25, 0.3) is 0 Å². The highest BCUT2D eigenvalue weighted by atomic mass is 15.3. The van der Waals surface area contributed by atoms with Crippen LogP contribution in [0.4, 0.5) is 5.69 Å². The van der Waals surface area contributed by atoms with Gasteiger partial charge in [-0.05, 0) is 30.2 Å². The normalized spacial score (nSPS) is 20.3. The highest BCUT2D eigenvalue weighted by Gasteiger charge is 2.18. The Morgan fingerprint density at radius 3 is 2.37 bits per heavy atom. The fraction of sp³-hybridized carbons (Fsp3) is 0.409. The van der Waals surface area contributed by atoms with Crippen molar-refractivity contribution in [3.8, 4) is 0 Å². The van der Waals surface area contributed by atoms with Crippen molar-refractivity contribution in [3.63, 3.8) is 0 Å². The van der Waals surface area contributed by atoms with Crippen LogP contribution in [0.1, 0.15) is 18.1 Å². The van der Waals surface area contributed by atoms with Crippen molar-refractivity contribution in [1.82, 2.24) is 15.5 Å². The van der Waals surface area contributed by atoms with Crippen LogP contribution in [0.25, 0.3) is 0 Å². The second kappa shape index (κ2) is 8.44. The lowest BCUT2D eigenvalue weighted by atomic mass is 10.1. The van der Waals surface area contributed by atoms with Crippen LogP contribution in [0.3, 0.4) is 0 Å². The van der Waals surface area contributed by atoms with Crippen LogP contribution in [0.15, 0.2) is 59.6 Å². The molecule has 5 nitrogen and oxygen atoms in total. The van der Waals surface area contributed by atoms with E-state index in [0.29, 0.717) is 6.04 Å². The van der Waals surface area contributed by atoms with Crippen molar-refractivity contribution in [1.29, 1.82) is 0 Å². The predicted octanol–water partition coefficient (Wildman–Crippen LogP) is 2.45. The topological polar surface area (TPSA) is 42.9 Å². The predicted molar refractivity (Wildman–Crippen MR) is 112 cm³/mol. The molecule has 1 unspecified atom stereocenters. The minimum atomic E-state index is 0.434. The first-order valence-corrected chi connectivity index (χ1v) is 9.92. The van der Waals surface area contributed by atoms with Crippen LogP contribution in [-0.4, -0.2) is 49.6 Å². The minimum absolute atomic E-state index is 0.434. The molecule has 5 heteroatoms. The number of rotatable bonds is 5. The van der Waals surface area contributed by atoms with Crippen LogP contribution < -0.4 is 15.5 Å². The number of piperazine rings is 1. The van der Waals surface area contributed by atoms with Gasteiger partial charge in [0.2, 0.25) is 0 Å². The Morgan fingerprint density at radius 1 is 0.963 bits per heavy atom. The van der Waals surface area contributed by atoms with Gasteiger partial charge in [0.15, 0.2) is 5.96 Å². The molecule has 0 saturated carbocycles. The molecule has 0 bridgehead atoms. The Labute approximate surface area is 162 Å². The van der Waals surface area contributed by atoms with E-state index in [1.807, 2.05) is 0 Å². The van der Waals surface area contributed by atoms with Crippen molar-refractivity contribution < 1.29 is 0 Å². The summed E-state index contributed by atoms with van der Waals surface area (Å²) in [6.07, 6.45) is 0. The summed E-state index contributed by atoms with van der Waals surface area (Å²) in [5.41, 5.74) is 4.10.